The van der Waals surface area contributed by atoms with Gasteiger partial charge >= 0.3 is 11.8 Å². The number of nitrogens with one attached hydrogen (secondary N) is 3. The number of hydrogen-bond acceptors (Lipinski definition) is 5. The van der Waals surface area contributed by atoms with E-state index in [1.807, 2.05) is 60.7 Å². The van der Waals surface area contributed by atoms with E-state index in [0.29, 0.717) is 27.3 Å². The molecule has 1 heterocycles. The molecule has 4 aromatic rings. The highest BCUT2D eigenvalue weighted by Gasteiger charge is 2.22. The Hall–Kier alpha value is -4.40. The Morgan fingerprint density at radius 1 is 0.816 bits per heavy atom. The third-order valence-corrected chi connectivity index (χ3v) is 5.76. The van der Waals surface area contributed by atoms with Gasteiger partial charge in [-0.25, -0.2) is 5.43 Å². The highest BCUT2D eigenvalue weighted by Crippen LogP contribution is 2.25. The molecule has 0 saturated carbocycles. The Bertz CT molecular complexity index is 1400. The molecule has 3 aromatic carbocycles. The standard InChI is InChI=1S/C28H22Cl2N4O4/c29-20-13-21(30)15-22(14-20)33-28(37)27(36)31-16-23-11-12-24(38-23)17-32-34-26(35)25(18-7-3-1-4-8-18)19-9-5-2-6-10-19/h1-15,17,25H,16H2,(H,31,36)(H,33,37)(H,34,35)/b32-17-. The van der Waals surface area contributed by atoms with Gasteiger partial charge in [-0.2, -0.15) is 5.10 Å². The highest BCUT2D eigenvalue weighted by molar-refractivity contribution is 6.40. The van der Waals surface area contributed by atoms with Crippen molar-refractivity contribution in [3.05, 3.63) is 124 Å². The average molecular weight is 549 g/mol. The molecule has 0 atom stereocenters. The largest absolute Gasteiger partial charge is 0.458 e. The molecule has 0 unspecified atom stereocenters. The second-order valence-corrected chi connectivity index (χ2v) is 8.96. The third-order valence-electron chi connectivity index (χ3n) is 5.33. The summed E-state index contributed by atoms with van der Waals surface area (Å²) in [6, 6.07) is 26.5. The zero-order valence-electron chi connectivity index (χ0n) is 19.9. The first kappa shape index (κ1) is 26.7. The molecular weight excluding hydrogens is 527 g/mol. The van der Waals surface area contributed by atoms with E-state index in [0.717, 1.165) is 11.1 Å². The molecule has 0 spiro atoms. The van der Waals surface area contributed by atoms with Crippen LogP contribution in [0, 0.1) is 0 Å². The van der Waals surface area contributed by atoms with Gasteiger partial charge in [-0.1, -0.05) is 83.9 Å². The van der Waals surface area contributed by atoms with Gasteiger partial charge < -0.3 is 15.1 Å². The lowest BCUT2D eigenvalue weighted by atomic mass is 9.91. The van der Waals surface area contributed by atoms with Gasteiger partial charge in [0.2, 0.25) is 0 Å². The van der Waals surface area contributed by atoms with Crippen LogP contribution in [0.15, 0.2) is 101 Å². The molecule has 0 radical (unpaired) electrons. The molecule has 0 fully saturated rings. The number of furan rings is 1. The fourth-order valence-corrected chi connectivity index (χ4v) is 4.16. The summed E-state index contributed by atoms with van der Waals surface area (Å²) in [6.07, 6.45) is 1.35. The van der Waals surface area contributed by atoms with Crippen molar-refractivity contribution in [2.75, 3.05) is 5.32 Å². The van der Waals surface area contributed by atoms with Crippen LogP contribution in [-0.4, -0.2) is 23.9 Å². The molecule has 3 N–H and O–H groups in total. The smallest absolute Gasteiger partial charge is 0.313 e. The maximum atomic E-state index is 13.0. The van der Waals surface area contributed by atoms with Crippen LogP contribution in [-0.2, 0) is 20.9 Å². The van der Waals surface area contributed by atoms with Gasteiger partial charge in [0.1, 0.15) is 11.5 Å². The molecule has 0 saturated heterocycles. The minimum Gasteiger partial charge on any atom is -0.458 e. The minimum atomic E-state index is -0.884. The number of nitrogens with zero attached hydrogens (tertiary/aromatic N) is 1. The average Bonchev–Trinajstić information content (AvgIpc) is 3.35. The maximum absolute atomic E-state index is 13.0. The lowest BCUT2D eigenvalue weighted by Crippen LogP contribution is -2.34. The van der Waals surface area contributed by atoms with Crippen LogP contribution in [0.3, 0.4) is 0 Å². The van der Waals surface area contributed by atoms with Crippen LogP contribution in [0.1, 0.15) is 28.6 Å². The van der Waals surface area contributed by atoms with E-state index >= 15 is 0 Å². The molecule has 1 aromatic heterocycles. The Morgan fingerprint density at radius 3 is 2.03 bits per heavy atom. The molecule has 10 heteroatoms. The summed E-state index contributed by atoms with van der Waals surface area (Å²) in [5, 5.41) is 9.55. The van der Waals surface area contributed by atoms with Gasteiger partial charge in [-0.05, 0) is 41.5 Å². The van der Waals surface area contributed by atoms with Crippen molar-refractivity contribution in [1.82, 2.24) is 10.7 Å². The number of halogens is 2. The third kappa shape index (κ3) is 7.32. The summed E-state index contributed by atoms with van der Waals surface area (Å²) in [4.78, 5) is 37.3. The van der Waals surface area contributed by atoms with E-state index in [-0.39, 0.29) is 12.5 Å². The van der Waals surface area contributed by atoms with Crippen molar-refractivity contribution in [3.63, 3.8) is 0 Å². The molecule has 0 aliphatic carbocycles. The first-order valence-corrected chi connectivity index (χ1v) is 12.2. The van der Waals surface area contributed by atoms with Crippen LogP contribution >= 0.6 is 23.2 Å². The fourth-order valence-electron chi connectivity index (χ4n) is 3.63. The van der Waals surface area contributed by atoms with E-state index in [2.05, 4.69) is 21.2 Å². The number of benzene rings is 3. The first-order valence-electron chi connectivity index (χ1n) is 11.5. The van der Waals surface area contributed by atoms with Crippen LogP contribution < -0.4 is 16.1 Å². The maximum Gasteiger partial charge on any atom is 0.313 e. The Morgan fingerprint density at radius 2 is 1.42 bits per heavy atom. The van der Waals surface area contributed by atoms with Crippen molar-refractivity contribution >= 4 is 52.8 Å². The van der Waals surface area contributed by atoms with Gasteiger partial charge in [-0.3, -0.25) is 14.4 Å². The van der Waals surface area contributed by atoms with Crippen molar-refractivity contribution in [1.29, 1.82) is 0 Å². The van der Waals surface area contributed by atoms with Crippen molar-refractivity contribution in [3.8, 4) is 0 Å². The SMILES string of the molecule is O=C(NCc1ccc(/C=N\NC(=O)C(c2ccccc2)c2ccccc2)o1)C(=O)Nc1cc(Cl)cc(Cl)c1. The van der Waals surface area contributed by atoms with Gasteiger partial charge in [-0.15, -0.1) is 0 Å². The van der Waals surface area contributed by atoms with Gasteiger partial charge in [0, 0.05) is 15.7 Å². The van der Waals surface area contributed by atoms with E-state index in [9.17, 15) is 14.4 Å². The predicted octanol–water partition coefficient (Wildman–Crippen LogP) is 5.12. The summed E-state index contributed by atoms with van der Waals surface area (Å²) in [5.74, 6) is -1.85. The summed E-state index contributed by atoms with van der Waals surface area (Å²) in [5.41, 5.74) is 4.53. The number of anilines is 1. The van der Waals surface area contributed by atoms with E-state index in [1.165, 1.54) is 24.4 Å². The van der Waals surface area contributed by atoms with Crippen molar-refractivity contribution in [2.24, 2.45) is 5.10 Å². The number of carbonyl (C=O) groups is 3. The predicted molar refractivity (Wildman–Crippen MR) is 146 cm³/mol. The quantitative estimate of drug-likeness (QED) is 0.161. The normalized spacial score (nSPS) is 10.9. The lowest BCUT2D eigenvalue weighted by Gasteiger charge is -2.16. The molecule has 0 aliphatic heterocycles. The Labute approximate surface area is 228 Å². The minimum absolute atomic E-state index is 0.0349. The number of carbonyl (C=O) groups excluding carboxylic acids is 3. The number of hydrogen-bond donors (Lipinski definition) is 3. The van der Waals surface area contributed by atoms with Crippen LogP contribution in [0.4, 0.5) is 5.69 Å². The Balaban J connectivity index is 1.31. The van der Waals surface area contributed by atoms with E-state index < -0.39 is 17.7 Å². The molecular formula is C28H22Cl2N4O4. The zero-order valence-corrected chi connectivity index (χ0v) is 21.4. The van der Waals surface area contributed by atoms with Crippen LogP contribution in [0.2, 0.25) is 10.0 Å². The monoisotopic (exact) mass is 548 g/mol. The van der Waals surface area contributed by atoms with E-state index in [1.54, 1.807) is 12.1 Å². The summed E-state index contributed by atoms with van der Waals surface area (Å²) < 4.78 is 5.59. The zero-order chi connectivity index (χ0) is 26.9. The van der Waals surface area contributed by atoms with Crippen LogP contribution in [0.5, 0.6) is 0 Å². The highest BCUT2D eigenvalue weighted by atomic mass is 35.5. The Kier molecular flexibility index (Phi) is 8.92. The fraction of sp³-hybridized carbons (Fsp3) is 0.0714. The number of rotatable bonds is 8. The molecule has 3 amide bonds. The second-order valence-electron chi connectivity index (χ2n) is 8.09. The molecule has 0 aliphatic rings. The van der Waals surface area contributed by atoms with Crippen molar-refractivity contribution in [2.45, 2.75) is 12.5 Å². The van der Waals surface area contributed by atoms with Crippen LogP contribution in [0.25, 0.3) is 0 Å². The van der Waals surface area contributed by atoms with E-state index in [4.69, 9.17) is 27.6 Å². The molecule has 8 nitrogen and oxygen atoms in total. The van der Waals surface area contributed by atoms with Gasteiger partial charge in [0.05, 0.1) is 18.7 Å². The van der Waals surface area contributed by atoms with Gasteiger partial charge in [0.15, 0.2) is 0 Å². The molecule has 38 heavy (non-hydrogen) atoms. The molecule has 192 valence electrons. The van der Waals surface area contributed by atoms with Gasteiger partial charge in [0.25, 0.3) is 5.91 Å². The van der Waals surface area contributed by atoms with Crippen molar-refractivity contribution < 1.29 is 18.8 Å². The summed E-state index contributed by atoms with van der Waals surface area (Å²) in [7, 11) is 0. The second kappa shape index (κ2) is 12.7. The summed E-state index contributed by atoms with van der Waals surface area (Å²) >= 11 is 11.8. The number of amides is 3. The lowest BCUT2D eigenvalue weighted by molar-refractivity contribution is -0.136. The first-order chi connectivity index (χ1) is 18.4. The molecule has 4 rings (SSSR count). The molecule has 0 bridgehead atoms. The summed E-state index contributed by atoms with van der Waals surface area (Å²) in [6.45, 7) is -0.0349. The number of hydrazone groups is 1. The topological polar surface area (TPSA) is 113 Å².